The number of phenols is 1. The summed E-state index contributed by atoms with van der Waals surface area (Å²) in [6.45, 7) is 0. The third-order valence-electron chi connectivity index (χ3n) is 6.93. The van der Waals surface area contributed by atoms with Crippen LogP contribution in [0, 0.1) is 0 Å². The summed E-state index contributed by atoms with van der Waals surface area (Å²) in [5.74, 6) is -1.72. The number of aromatic amines is 1. The largest absolute Gasteiger partial charge is 0.508 e. The van der Waals surface area contributed by atoms with Crippen LogP contribution in [0.3, 0.4) is 0 Å². The molecule has 232 valence electrons. The standard InChI is InChI=1S/C30H39N5O6S2/c1-42-13-11-24(28(38)34-25(30(40)41)12-14-43-2)33-29(39)26(16-19-17-32-23-6-4-3-5-21(19)23)35-27(37)22(31)15-18-7-9-20(36)10-8-18/h3-10,17,22,24-26,32,36H,11-16,31H2,1-2H3,(H,33,39)(H,34,38)(H,35,37)(H,40,41). The van der Waals surface area contributed by atoms with Crippen molar-refractivity contribution in [1.29, 1.82) is 0 Å². The van der Waals surface area contributed by atoms with Gasteiger partial charge in [-0.3, -0.25) is 14.4 Å². The quantitative estimate of drug-likeness (QED) is 0.117. The summed E-state index contributed by atoms with van der Waals surface area (Å²) < 4.78 is 0. The Morgan fingerprint density at radius 1 is 0.814 bits per heavy atom. The number of carbonyl (C=O) groups excluding carboxylic acids is 3. The van der Waals surface area contributed by atoms with Gasteiger partial charge in [0.25, 0.3) is 0 Å². The van der Waals surface area contributed by atoms with E-state index in [2.05, 4.69) is 20.9 Å². The van der Waals surface area contributed by atoms with Gasteiger partial charge in [0.1, 0.15) is 23.9 Å². The van der Waals surface area contributed by atoms with Gasteiger partial charge in [0.05, 0.1) is 6.04 Å². The van der Waals surface area contributed by atoms with Crippen LogP contribution in [0.15, 0.2) is 54.7 Å². The summed E-state index contributed by atoms with van der Waals surface area (Å²) in [5, 5.41) is 28.1. The normalized spacial score (nSPS) is 13.9. The Morgan fingerprint density at radius 3 is 2.05 bits per heavy atom. The number of carbonyl (C=O) groups is 4. The van der Waals surface area contributed by atoms with Crippen LogP contribution >= 0.6 is 23.5 Å². The topological polar surface area (TPSA) is 187 Å². The molecule has 0 bridgehead atoms. The second kappa shape index (κ2) is 16.8. The average Bonchev–Trinajstić information content (AvgIpc) is 3.40. The lowest BCUT2D eigenvalue weighted by atomic mass is 10.0. The molecule has 0 spiro atoms. The Balaban J connectivity index is 1.81. The highest BCUT2D eigenvalue weighted by atomic mass is 32.2. The number of benzene rings is 2. The number of nitrogens with one attached hydrogen (secondary N) is 4. The highest BCUT2D eigenvalue weighted by Gasteiger charge is 2.30. The molecule has 3 aromatic rings. The SMILES string of the molecule is CSCCC(NC(=O)C(CCSC)NC(=O)C(Cc1c[nH]c2ccccc12)NC(=O)C(N)Cc1ccc(O)cc1)C(=O)O. The van der Waals surface area contributed by atoms with Crippen molar-refractivity contribution in [3.05, 3.63) is 65.9 Å². The van der Waals surface area contributed by atoms with E-state index in [0.29, 0.717) is 11.5 Å². The van der Waals surface area contributed by atoms with E-state index >= 15 is 0 Å². The van der Waals surface area contributed by atoms with Gasteiger partial charge < -0.3 is 36.9 Å². The first-order valence-electron chi connectivity index (χ1n) is 13.8. The first-order chi connectivity index (χ1) is 20.6. The van der Waals surface area contributed by atoms with Gasteiger partial charge in [0.2, 0.25) is 17.7 Å². The van der Waals surface area contributed by atoms with E-state index in [1.165, 1.54) is 35.7 Å². The summed E-state index contributed by atoms with van der Waals surface area (Å²) in [6, 6.07) is 9.75. The number of amides is 3. The third kappa shape index (κ3) is 10.2. The Labute approximate surface area is 259 Å². The number of hydrogen-bond donors (Lipinski definition) is 7. The first-order valence-corrected chi connectivity index (χ1v) is 16.6. The molecule has 0 aliphatic heterocycles. The number of para-hydroxylation sites is 1. The molecular formula is C30H39N5O6S2. The predicted octanol–water partition coefficient (Wildman–Crippen LogP) is 2.03. The Hall–Kier alpha value is -3.68. The molecule has 0 fully saturated rings. The molecule has 4 unspecified atom stereocenters. The lowest BCUT2D eigenvalue weighted by Gasteiger charge is -2.25. The molecule has 2 aromatic carbocycles. The van der Waals surface area contributed by atoms with Crippen molar-refractivity contribution in [2.75, 3.05) is 24.0 Å². The summed E-state index contributed by atoms with van der Waals surface area (Å²) in [5.41, 5.74) is 8.60. The maximum absolute atomic E-state index is 13.7. The minimum absolute atomic E-state index is 0.0937. The zero-order valence-electron chi connectivity index (χ0n) is 24.2. The molecule has 3 rings (SSSR count). The van der Waals surface area contributed by atoms with Gasteiger partial charge in [0, 0.05) is 23.5 Å². The molecule has 0 saturated carbocycles. The number of aromatic hydroxyl groups is 1. The van der Waals surface area contributed by atoms with Crippen molar-refractivity contribution in [2.45, 2.75) is 49.9 Å². The molecule has 13 heteroatoms. The third-order valence-corrected chi connectivity index (χ3v) is 8.22. The molecule has 8 N–H and O–H groups in total. The molecule has 0 saturated heterocycles. The fourth-order valence-electron chi connectivity index (χ4n) is 4.53. The minimum Gasteiger partial charge on any atom is -0.508 e. The van der Waals surface area contributed by atoms with Crippen LogP contribution in [-0.2, 0) is 32.0 Å². The van der Waals surface area contributed by atoms with Gasteiger partial charge in [-0.15, -0.1) is 0 Å². The van der Waals surface area contributed by atoms with E-state index < -0.39 is 47.9 Å². The zero-order valence-corrected chi connectivity index (χ0v) is 25.8. The molecule has 11 nitrogen and oxygen atoms in total. The average molecular weight is 630 g/mol. The monoisotopic (exact) mass is 629 g/mol. The van der Waals surface area contributed by atoms with Gasteiger partial charge in [-0.05, 0) is 72.6 Å². The molecule has 1 heterocycles. The second-order valence-corrected chi connectivity index (χ2v) is 12.1. The Morgan fingerprint density at radius 2 is 1.40 bits per heavy atom. The maximum Gasteiger partial charge on any atom is 0.326 e. The van der Waals surface area contributed by atoms with Crippen LogP contribution in [0.2, 0.25) is 0 Å². The molecule has 4 atom stereocenters. The molecule has 0 radical (unpaired) electrons. The lowest BCUT2D eigenvalue weighted by Crippen LogP contribution is -2.58. The van der Waals surface area contributed by atoms with E-state index in [9.17, 15) is 29.4 Å². The van der Waals surface area contributed by atoms with Crippen LogP contribution in [-0.4, -0.2) is 87.1 Å². The van der Waals surface area contributed by atoms with Crippen LogP contribution in [0.25, 0.3) is 10.9 Å². The molecule has 43 heavy (non-hydrogen) atoms. The van der Waals surface area contributed by atoms with Gasteiger partial charge in [-0.2, -0.15) is 23.5 Å². The molecule has 0 aliphatic carbocycles. The summed E-state index contributed by atoms with van der Waals surface area (Å²) in [4.78, 5) is 55.0. The van der Waals surface area contributed by atoms with E-state index in [0.717, 1.165) is 22.0 Å². The van der Waals surface area contributed by atoms with Gasteiger partial charge >= 0.3 is 5.97 Å². The van der Waals surface area contributed by atoms with Crippen molar-refractivity contribution < 1.29 is 29.4 Å². The maximum atomic E-state index is 13.7. The van der Waals surface area contributed by atoms with Gasteiger partial charge in [-0.1, -0.05) is 30.3 Å². The van der Waals surface area contributed by atoms with Crippen molar-refractivity contribution in [3.8, 4) is 5.75 Å². The molecule has 1 aromatic heterocycles. The van der Waals surface area contributed by atoms with E-state index in [1.807, 2.05) is 36.8 Å². The number of thioether (sulfide) groups is 2. The fourth-order valence-corrected chi connectivity index (χ4v) is 5.47. The number of aromatic nitrogens is 1. The van der Waals surface area contributed by atoms with Crippen LogP contribution in [0.5, 0.6) is 5.75 Å². The first kappa shape index (κ1) is 33.8. The van der Waals surface area contributed by atoms with E-state index in [1.54, 1.807) is 18.3 Å². The Kier molecular flexibility index (Phi) is 13.2. The number of phenolic OH excluding ortho intramolecular Hbond substituents is 1. The van der Waals surface area contributed by atoms with E-state index in [-0.39, 0.29) is 31.4 Å². The zero-order chi connectivity index (χ0) is 31.4. The predicted molar refractivity (Wildman–Crippen MR) is 171 cm³/mol. The number of H-pyrrole nitrogens is 1. The highest BCUT2D eigenvalue weighted by molar-refractivity contribution is 7.98. The number of rotatable bonds is 17. The number of aliphatic carboxylic acids is 1. The van der Waals surface area contributed by atoms with Gasteiger partial charge in [0.15, 0.2) is 0 Å². The van der Waals surface area contributed by atoms with Crippen molar-refractivity contribution in [1.82, 2.24) is 20.9 Å². The van der Waals surface area contributed by atoms with Crippen LogP contribution < -0.4 is 21.7 Å². The number of nitrogens with two attached hydrogens (primary N) is 1. The minimum atomic E-state index is -1.15. The van der Waals surface area contributed by atoms with E-state index in [4.69, 9.17) is 5.73 Å². The fraction of sp³-hybridized carbons (Fsp3) is 0.400. The summed E-state index contributed by atoms with van der Waals surface area (Å²) >= 11 is 2.96. The lowest BCUT2D eigenvalue weighted by molar-refractivity contribution is -0.142. The number of fused-ring (bicyclic) bond motifs is 1. The van der Waals surface area contributed by atoms with Crippen molar-refractivity contribution in [3.63, 3.8) is 0 Å². The van der Waals surface area contributed by atoms with Crippen molar-refractivity contribution in [2.24, 2.45) is 5.73 Å². The van der Waals surface area contributed by atoms with Crippen molar-refractivity contribution >= 4 is 58.1 Å². The summed E-state index contributed by atoms with van der Waals surface area (Å²) in [6.07, 6.45) is 6.29. The van der Waals surface area contributed by atoms with Gasteiger partial charge in [-0.25, -0.2) is 4.79 Å². The number of carboxylic acid groups (broad SMARTS) is 1. The van der Waals surface area contributed by atoms with Crippen LogP contribution in [0.4, 0.5) is 0 Å². The number of hydrogen-bond acceptors (Lipinski definition) is 8. The highest BCUT2D eigenvalue weighted by Crippen LogP contribution is 2.20. The van der Waals surface area contributed by atoms with Crippen LogP contribution in [0.1, 0.15) is 24.0 Å². The smallest absolute Gasteiger partial charge is 0.326 e. The molecular weight excluding hydrogens is 590 g/mol. The molecule has 0 aliphatic rings. The molecule has 3 amide bonds. The Bertz CT molecular complexity index is 1380. The summed E-state index contributed by atoms with van der Waals surface area (Å²) in [7, 11) is 0. The second-order valence-electron chi connectivity index (χ2n) is 10.1. The number of carboxylic acids is 1.